The quantitative estimate of drug-likeness (QED) is 0.300. The topological polar surface area (TPSA) is 131 Å². The van der Waals surface area contributed by atoms with Gasteiger partial charge in [-0.1, -0.05) is 52.0 Å². The van der Waals surface area contributed by atoms with Crippen LogP contribution < -0.4 is 15.2 Å². The van der Waals surface area contributed by atoms with E-state index < -0.39 is 29.4 Å². The first-order valence-corrected chi connectivity index (χ1v) is 12.7. The summed E-state index contributed by atoms with van der Waals surface area (Å²) < 4.78 is 21.3. The van der Waals surface area contributed by atoms with Gasteiger partial charge in [0.1, 0.15) is 5.54 Å². The maximum Gasteiger partial charge on any atom is 0.338 e. The SMILES string of the molecule is CCC(C)C(=O)Oc1ccc(C[C@](N)(CCOC(=O)c2ccccc2)C(=O)OC)cc1OC(=O)C(C)CC. The molecular formula is C29H37NO8. The van der Waals surface area contributed by atoms with E-state index in [0.717, 1.165) is 0 Å². The second-order valence-electron chi connectivity index (χ2n) is 9.32. The summed E-state index contributed by atoms with van der Waals surface area (Å²) in [5.74, 6) is -2.75. The molecule has 9 heteroatoms. The normalized spacial score (nSPS) is 13.9. The van der Waals surface area contributed by atoms with Crippen molar-refractivity contribution in [2.24, 2.45) is 17.6 Å². The first-order valence-electron chi connectivity index (χ1n) is 12.7. The summed E-state index contributed by atoms with van der Waals surface area (Å²) in [6.45, 7) is 7.07. The highest BCUT2D eigenvalue weighted by atomic mass is 16.6. The van der Waals surface area contributed by atoms with Gasteiger partial charge >= 0.3 is 23.9 Å². The van der Waals surface area contributed by atoms with Crippen LogP contribution >= 0.6 is 0 Å². The Morgan fingerprint density at radius 1 is 0.868 bits per heavy atom. The second kappa shape index (κ2) is 14.3. The van der Waals surface area contributed by atoms with E-state index in [9.17, 15) is 19.2 Å². The largest absolute Gasteiger partial charge is 0.468 e. The molecule has 0 heterocycles. The predicted octanol–water partition coefficient (Wildman–Crippen LogP) is 4.25. The van der Waals surface area contributed by atoms with Gasteiger partial charge in [0.05, 0.1) is 31.1 Å². The zero-order valence-corrected chi connectivity index (χ0v) is 22.7. The summed E-state index contributed by atoms with van der Waals surface area (Å²) in [6.07, 6.45) is 1.11. The number of ether oxygens (including phenoxy) is 4. The molecule has 2 aromatic rings. The van der Waals surface area contributed by atoms with Gasteiger partial charge in [0.25, 0.3) is 0 Å². The number of carbonyl (C=O) groups is 4. The van der Waals surface area contributed by atoms with Crippen molar-refractivity contribution in [1.29, 1.82) is 0 Å². The van der Waals surface area contributed by atoms with Crippen LogP contribution in [0.2, 0.25) is 0 Å². The maximum atomic E-state index is 12.7. The minimum absolute atomic E-state index is 0.0178. The lowest BCUT2D eigenvalue weighted by molar-refractivity contribution is -0.147. The Labute approximate surface area is 223 Å². The van der Waals surface area contributed by atoms with Crippen LogP contribution in [0.3, 0.4) is 0 Å². The van der Waals surface area contributed by atoms with Crippen molar-refractivity contribution in [1.82, 2.24) is 0 Å². The highest BCUT2D eigenvalue weighted by Crippen LogP contribution is 2.32. The summed E-state index contributed by atoms with van der Waals surface area (Å²) in [5.41, 5.74) is 5.81. The van der Waals surface area contributed by atoms with Crippen LogP contribution in [0, 0.1) is 11.8 Å². The number of carbonyl (C=O) groups excluding carboxylic acids is 4. The molecule has 2 rings (SSSR count). The van der Waals surface area contributed by atoms with E-state index in [-0.39, 0.29) is 42.8 Å². The molecule has 0 aromatic heterocycles. The molecule has 0 saturated carbocycles. The molecule has 206 valence electrons. The van der Waals surface area contributed by atoms with E-state index >= 15 is 0 Å². The fourth-order valence-electron chi connectivity index (χ4n) is 3.39. The lowest BCUT2D eigenvalue weighted by atomic mass is 9.88. The molecule has 0 radical (unpaired) electrons. The fourth-order valence-corrected chi connectivity index (χ4v) is 3.39. The van der Waals surface area contributed by atoms with Gasteiger partial charge in [-0.2, -0.15) is 0 Å². The monoisotopic (exact) mass is 527 g/mol. The zero-order chi connectivity index (χ0) is 28.3. The molecule has 0 aliphatic heterocycles. The average molecular weight is 528 g/mol. The smallest absolute Gasteiger partial charge is 0.338 e. The second-order valence-corrected chi connectivity index (χ2v) is 9.32. The number of hydrogen-bond acceptors (Lipinski definition) is 9. The Balaban J connectivity index is 2.27. The molecule has 0 bridgehead atoms. The summed E-state index contributed by atoms with van der Waals surface area (Å²) in [6, 6.07) is 13.1. The molecule has 38 heavy (non-hydrogen) atoms. The zero-order valence-electron chi connectivity index (χ0n) is 22.7. The highest BCUT2D eigenvalue weighted by Gasteiger charge is 2.36. The number of benzene rings is 2. The molecule has 0 fully saturated rings. The van der Waals surface area contributed by atoms with Crippen molar-refractivity contribution < 1.29 is 38.1 Å². The minimum Gasteiger partial charge on any atom is -0.468 e. The van der Waals surface area contributed by atoms with Gasteiger partial charge in [-0.3, -0.25) is 14.4 Å². The van der Waals surface area contributed by atoms with Crippen LogP contribution in [0.15, 0.2) is 48.5 Å². The molecule has 2 N–H and O–H groups in total. The van der Waals surface area contributed by atoms with E-state index in [1.54, 1.807) is 50.2 Å². The molecule has 0 spiro atoms. The van der Waals surface area contributed by atoms with Crippen molar-refractivity contribution in [3.63, 3.8) is 0 Å². The van der Waals surface area contributed by atoms with Crippen LogP contribution in [0.1, 0.15) is 62.9 Å². The van der Waals surface area contributed by atoms with E-state index in [1.165, 1.54) is 19.2 Å². The number of hydrogen-bond donors (Lipinski definition) is 1. The van der Waals surface area contributed by atoms with Crippen molar-refractivity contribution in [2.45, 2.75) is 58.9 Å². The standard InChI is InChI=1S/C29H37NO8/c1-6-19(3)25(31)37-23-14-13-21(17-24(23)38-26(32)20(4)7-2)18-29(30,28(34)35-5)15-16-36-27(33)22-11-9-8-10-12-22/h8-14,17,19-20H,6-7,15-16,18,30H2,1-5H3/t19?,20?,29-/m1/s1. The average Bonchev–Trinajstić information content (AvgIpc) is 2.93. The van der Waals surface area contributed by atoms with Gasteiger partial charge in [0.2, 0.25) is 0 Å². The lowest BCUT2D eigenvalue weighted by Gasteiger charge is -2.27. The van der Waals surface area contributed by atoms with Crippen molar-refractivity contribution in [3.05, 3.63) is 59.7 Å². The van der Waals surface area contributed by atoms with E-state index in [4.69, 9.17) is 24.7 Å². The van der Waals surface area contributed by atoms with Gasteiger partial charge < -0.3 is 24.7 Å². The number of nitrogens with two attached hydrogens (primary N) is 1. The fraction of sp³-hybridized carbons (Fsp3) is 0.448. The summed E-state index contributed by atoms with van der Waals surface area (Å²) in [4.78, 5) is 49.9. The first-order chi connectivity index (χ1) is 18.0. The molecule has 2 unspecified atom stereocenters. The van der Waals surface area contributed by atoms with E-state index in [1.807, 2.05) is 13.8 Å². The van der Waals surface area contributed by atoms with Crippen molar-refractivity contribution in [2.75, 3.05) is 13.7 Å². The van der Waals surface area contributed by atoms with Crippen LogP contribution in [-0.4, -0.2) is 43.1 Å². The third-order valence-corrected chi connectivity index (χ3v) is 6.36. The summed E-state index contributed by atoms with van der Waals surface area (Å²) >= 11 is 0. The molecule has 0 amide bonds. The maximum absolute atomic E-state index is 12.7. The highest BCUT2D eigenvalue weighted by molar-refractivity contribution is 5.89. The lowest BCUT2D eigenvalue weighted by Crippen LogP contribution is -2.51. The molecule has 3 atom stereocenters. The van der Waals surface area contributed by atoms with Crippen molar-refractivity contribution in [3.8, 4) is 11.5 Å². The van der Waals surface area contributed by atoms with Gasteiger partial charge in [-0.25, -0.2) is 4.79 Å². The number of methoxy groups -OCH3 is 1. The van der Waals surface area contributed by atoms with Gasteiger partial charge in [-0.15, -0.1) is 0 Å². The Morgan fingerprint density at radius 2 is 1.45 bits per heavy atom. The Kier molecular flexibility index (Phi) is 11.5. The Bertz CT molecular complexity index is 1120. The molecular weight excluding hydrogens is 490 g/mol. The molecule has 9 nitrogen and oxygen atoms in total. The molecule has 0 aliphatic carbocycles. The summed E-state index contributed by atoms with van der Waals surface area (Å²) in [7, 11) is 1.22. The first kappa shape index (κ1) is 30.5. The number of rotatable bonds is 13. The van der Waals surface area contributed by atoms with Crippen LogP contribution in [-0.2, 0) is 30.3 Å². The number of esters is 4. The van der Waals surface area contributed by atoms with Crippen LogP contribution in [0.4, 0.5) is 0 Å². The van der Waals surface area contributed by atoms with Gasteiger partial charge in [0.15, 0.2) is 11.5 Å². The Morgan fingerprint density at radius 3 is 2.00 bits per heavy atom. The molecule has 0 saturated heterocycles. The Hall–Kier alpha value is -3.72. The predicted molar refractivity (Wildman–Crippen MR) is 141 cm³/mol. The summed E-state index contributed by atoms with van der Waals surface area (Å²) in [5, 5.41) is 0. The van der Waals surface area contributed by atoms with E-state index in [2.05, 4.69) is 0 Å². The van der Waals surface area contributed by atoms with Crippen LogP contribution in [0.25, 0.3) is 0 Å². The van der Waals surface area contributed by atoms with Gasteiger partial charge in [-0.05, 0) is 42.7 Å². The molecule has 0 aliphatic rings. The third kappa shape index (κ3) is 8.41. The minimum atomic E-state index is -1.54. The van der Waals surface area contributed by atoms with Crippen LogP contribution in [0.5, 0.6) is 11.5 Å². The van der Waals surface area contributed by atoms with Gasteiger partial charge in [0, 0.05) is 12.8 Å². The van der Waals surface area contributed by atoms with Crippen molar-refractivity contribution >= 4 is 23.9 Å². The third-order valence-electron chi connectivity index (χ3n) is 6.36. The molecule has 2 aromatic carbocycles. The van der Waals surface area contributed by atoms with E-state index in [0.29, 0.717) is 24.0 Å².